The van der Waals surface area contributed by atoms with E-state index in [1.807, 2.05) is 18.2 Å². The van der Waals surface area contributed by atoms with E-state index in [9.17, 15) is 18.8 Å². The van der Waals surface area contributed by atoms with Gasteiger partial charge in [-0.05, 0) is 30.2 Å². The Hall–Kier alpha value is -3.46. The number of hydrogen-bond acceptors (Lipinski definition) is 5. The molecule has 0 aromatic heterocycles. The average molecular weight is 452 g/mol. The third-order valence-corrected chi connectivity index (χ3v) is 6.62. The molecule has 2 fully saturated rings. The quantitative estimate of drug-likeness (QED) is 0.685. The van der Waals surface area contributed by atoms with Crippen LogP contribution in [0.5, 0.6) is 5.75 Å². The second-order valence-corrected chi connectivity index (χ2v) is 8.67. The van der Waals surface area contributed by atoms with Crippen molar-refractivity contribution in [2.75, 3.05) is 32.7 Å². The second kappa shape index (κ2) is 8.47. The van der Waals surface area contributed by atoms with Gasteiger partial charge in [-0.1, -0.05) is 30.3 Å². The molecule has 0 saturated carbocycles. The fraction of sp³-hybridized carbons (Fsp3) is 0.375. The van der Waals surface area contributed by atoms with Crippen molar-refractivity contribution in [3.8, 4) is 5.75 Å². The van der Waals surface area contributed by atoms with Gasteiger partial charge in [0.1, 0.15) is 11.6 Å². The van der Waals surface area contributed by atoms with E-state index < -0.39 is 29.4 Å². The van der Waals surface area contributed by atoms with E-state index in [4.69, 9.17) is 4.74 Å². The molecule has 0 bridgehead atoms. The Balaban J connectivity index is 1.26. The van der Waals surface area contributed by atoms with Gasteiger partial charge in [0.05, 0.1) is 0 Å². The Morgan fingerprint density at radius 1 is 1.09 bits per heavy atom. The van der Waals surface area contributed by atoms with E-state index in [-0.39, 0.29) is 23.6 Å². The number of ether oxygens (including phenoxy) is 1. The zero-order chi connectivity index (χ0) is 23.0. The number of imide groups is 1. The van der Waals surface area contributed by atoms with Crippen LogP contribution >= 0.6 is 0 Å². The first-order chi connectivity index (χ1) is 15.9. The molecule has 0 aliphatic carbocycles. The smallest absolute Gasteiger partial charge is 0.322 e. The number of nitrogens with zero attached hydrogens (tertiary/aromatic N) is 2. The number of fused-ring (bicyclic) bond motifs is 2. The predicted octanol–water partition coefficient (Wildman–Crippen LogP) is 1.40. The molecule has 0 unspecified atom stereocenters. The molecule has 2 aromatic carbocycles. The Labute approximate surface area is 190 Å². The molecule has 0 radical (unpaired) electrons. The lowest BCUT2D eigenvalue weighted by Gasteiger charge is -2.40. The van der Waals surface area contributed by atoms with Gasteiger partial charge in [-0.2, -0.15) is 0 Å². The number of carbonyl (C=O) groups is 3. The van der Waals surface area contributed by atoms with Gasteiger partial charge < -0.3 is 15.0 Å². The average Bonchev–Trinajstić information content (AvgIpc) is 3.11. The first-order valence-corrected chi connectivity index (χ1v) is 11.1. The number of nitrogens with one attached hydrogen (secondary N) is 2. The van der Waals surface area contributed by atoms with Gasteiger partial charge >= 0.3 is 6.03 Å². The highest BCUT2D eigenvalue weighted by molar-refractivity contribution is 6.08. The molecule has 2 saturated heterocycles. The normalized spacial score (nSPS) is 24.8. The molecule has 4 amide bonds. The van der Waals surface area contributed by atoms with Crippen LogP contribution in [0.25, 0.3) is 0 Å². The highest BCUT2D eigenvalue weighted by atomic mass is 19.1. The van der Waals surface area contributed by atoms with Crippen LogP contribution in [-0.4, -0.2) is 66.5 Å². The van der Waals surface area contributed by atoms with E-state index >= 15 is 0 Å². The summed E-state index contributed by atoms with van der Waals surface area (Å²) >= 11 is 0. The lowest BCUT2D eigenvalue weighted by atomic mass is 9.81. The zero-order valence-corrected chi connectivity index (χ0v) is 18.1. The molecule has 9 heteroatoms. The Bertz CT molecular complexity index is 1090. The maximum absolute atomic E-state index is 13.9. The third kappa shape index (κ3) is 4.04. The number of rotatable bonds is 4. The van der Waals surface area contributed by atoms with Crippen LogP contribution in [-0.2, 0) is 21.5 Å². The lowest BCUT2D eigenvalue weighted by Crippen LogP contribution is -2.57. The molecule has 33 heavy (non-hydrogen) atoms. The van der Waals surface area contributed by atoms with E-state index in [1.165, 1.54) is 23.8 Å². The van der Waals surface area contributed by atoms with Crippen LogP contribution in [0.1, 0.15) is 17.5 Å². The number of benzene rings is 2. The van der Waals surface area contributed by atoms with Crippen molar-refractivity contribution in [1.82, 2.24) is 20.4 Å². The highest BCUT2D eigenvalue weighted by Gasteiger charge is 2.55. The predicted molar refractivity (Wildman–Crippen MR) is 117 cm³/mol. The van der Waals surface area contributed by atoms with Gasteiger partial charge in [0.15, 0.2) is 11.6 Å². The van der Waals surface area contributed by atoms with Crippen molar-refractivity contribution in [3.63, 3.8) is 0 Å². The van der Waals surface area contributed by atoms with Crippen molar-refractivity contribution in [2.24, 2.45) is 0 Å². The summed E-state index contributed by atoms with van der Waals surface area (Å²) in [6.07, 6.45) is -0.0952. The number of carbonyl (C=O) groups excluding carboxylic acids is 3. The molecule has 3 heterocycles. The maximum Gasteiger partial charge on any atom is 0.322 e. The molecule has 3 aliphatic rings. The van der Waals surface area contributed by atoms with Crippen molar-refractivity contribution < 1.29 is 23.5 Å². The molecule has 172 valence electrons. The van der Waals surface area contributed by atoms with E-state index in [0.717, 1.165) is 26.1 Å². The summed E-state index contributed by atoms with van der Waals surface area (Å²) in [6.45, 7) is 3.51. The highest BCUT2D eigenvalue weighted by Crippen LogP contribution is 2.42. The van der Waals surface area contributed by atoms with Crippen LogP contribution in [0, 0.1) is 5.82 Å². The fourth-order valence-electron chi connectivity index (χ4n) is 4.81. The molecule has 5 rings (SSSR count). The van der Waals surface area contributed by atoms with E-state index in [1.54, 1.807) is 4.90 Å². The number of urea groups is 1. The van der Waals surface area contributed by atoms with Crippen LogP contribution in [0.2, 0.25) is 0 Å². The number of halogens is 1. The Kier molecular flexibility index (Phi) is 5.49. The molecule has 2 atom stereocenters. The maximum atomic E-state index is 13.9. The molecule has 8 nitrogen and oxygen atoms in total. The number of hydrogen-bond donors (Lipinski definition) is 2. The first-order valence-electron chi connectivity index (χ1n) is 11.1. The minimum Gasteiger partial charge on any atom is -0.480 e. The summed E-state index contributed by atoms with van der Waals surface area (Å²) < 4.78 is 19.8. The van der Waals surface area contributed by atoms with Crippen molar-refractivity contribution in [2.45, 2.75) is 24.5 Å². The van der Waals surface area contributed by atoms with Crippen LogP contribution in [0.15, 0.2) is 48.5 Å². The van der Waals surface area contributed by atoms with Gasteiger partial charge in [0.2, 0.25) is 0 Å². The van der Waals surface area contributed by atoms with Crippen molar-refractivity contribution in [3.05, 3.63) is 65.5 Å². The Morgan fingerprint density at radius 3 is 2.55 bits per heavy atom. The van der Waals surface area contributed by atoms with Crippen LogP contribution < -0.4 is 15.4 Å². The molecular weight excluding hydrogens is 427 g/mol. The number of piperazine rings is 1. The molecule has 3 aliphatic heterocycles. The van der Waals surface area contributed by atoms with E-state index in [0.29, 0.717) is 13.1 Å². The topological polar surface area (TPSA) is 91.0 Å². The zero-order valence-electron chi connectivity index (χ0n) is 18.1. The minimum atomic E-state index is -1.52. The van der Waals surface area contributed by atoms with Gasteiger partial charge in [-0.3, -0.25) is 19.8 Å². The lowest BCUT2D eigenvalue weighted by molar-refractivity contribution is -0.143. The first kappa shape index (κ1) is 21.4. The van der Waals surface area contributed by atoms with Crippen LogP contribution in [0.3, 0.4) is 0 Å². The SMILES string of the molecule is O=C1NC(=O)[C@@]2(C[C@@H](C(=O)N3CCN(CCc4ccccc4)CC3)Oc3ccc(F)cc32)N1. The molecular formula is C24H25FN4O4. The molecule has 2 aromatic rings. The monoisotopic (exact) mass is 452 g/mol. The third-order valence-electron chi connectivity index (χ3n) is 6.62. The summed E-state index contributed by atoms with van der Waals surface area (Å²) in [5, 5.41) is 4.82. The molecule has 1 spiro atoms. The van der Waals surface area contributed by atoms with Gasteiger partial charge in [-0.15, -0.1) is 0 Å². The summed E-state index contributed by atoms with van der Waals surface area (Å²) in [4.78, 5) is 42.0. The summed E-state index contributed by atoms with van der Waals surface area (Å²) in [7, 11) is 0. The standard InChI is InChI=1S/C24H25FN4O4/c25-17-6-7-19-18(14-17)24(22(31)26-23(32)27-24)15-20(33-19)21(30)29-12-10-28(11-13-29)9-8-16-4-2-1-3-5-16/h1-7,14,20H,8-13,15H2,(H2,26,27,31,32)/t20-,24-/m0/s1. The second-order valence-electron chi connectivity index (χ2n) is 8.67. The fourth-order valence-corrected chi connectivity index (χ4v) is 4.81. The van der Waals surface area contributed by atoms with Gasteiger partial charge in [0.25, 0.3) is 11.8 Å². The summed E-state index contributed by atoms with van der Waals surface area (Å²) in [5.41, 5.74) is -0.0190. The minimum absolute atomic E-state index is 0.0892. The van der Waals surface area contributed by atoms with Crippen LogP contribution in [0.4, 0.5) is 9.18 Å². The van der Waals surface area contributed by atoms with Gasteiger partial charge in [0, 0.05) is 44.7 Å². The van der Waals surface area contributed by atoms with Crippen molar-refractivity contribution in [1.29, 1.82) is 0 Å². The largest absolute Gasteiger partial charge is 0.480 e. The Morgan fingerprint density at radius 2 is 1.85 bits per heavy atom. The summed E-state index contributed by atoms with van der Waals surface area (Å²) in [5.74, 6) is -1.17. The van der Waals surface area contributed by atoms with E-state index in [2.05, 4.69) is 27.7 Å². The van der Waals surface area contributed by atoms with Gasteiger partial charge in [-0.25, -0.2) is 9.18 Å². The molecule has 2 N–H and O–H groups in total. The van der Waals surface area contributed by atoms with Crippen molar-refractivity contribution >= 4 is 17.8 Å². The number of amides is 4. The summed E-state index contributed by atoms with van der Waals surface area (Å²) in [6, 6.07) is 13.4.